The molecule has 0 unspecified atom stereocenters. The second-order valence-electron chi connectivity index (χ2n) is 13.8. The van der Waals surface area contributed by atoms with Gasteiger partial charge >= 0.3 is 0 Å². The van der Waals surface area contributed by atoms with Crippen molar-refractivity contribution in [2.45, 2.75) is 31.1 Å². The van der Waals surface area contributed by atoms with E-state index in [1.807, 2.05) is 31.2 Å². The van der Waals surface area contributed by atoms with Gasteiger partial charge in [-0.15, -0.1) is 0 Å². The number of nitrogens with one attached hydrogen (secondary N) is 1. The van der Waals surface area contributed by atoms with E-state index in [1.54, 1.807) is 48.5 Å². The van der Waals surface area contributed by atoms with Gasteiger partial charge in [-0.25, -0.2) is 4.90 Å². The Bertz CT molecular complexity index is 2200. The molecule has 262 valence electrons. The molecule has 4 aliphatic rings. The van der Waals surface area contributed by atoms with Crippen molar-refractivity contribution in [3.63, 3.8) is 0 Å². The number of nitrogens with zero attached hydrogens (tertiary/aromatic N) is 3. The lowest BCUT2D eigenvalue weighted by atomic mass is 9.49. The van der Waals surface area contributed by atoms with Crippen LogP contribution >= 0.6 is 0 Å². The minimum Gasteiger partial charge on any atom is -0.508 e. The zero-order valence-corrected chi connectivity index (χ0v) is 28.3. The van der Waals surface area contributed by atoms with Crippen LogP contribution in [0.3, 0.4) is 0 Å². The number of nitro groups is 1. The fourth-order valence-corrected chi connectivity index (χ4v) is 8.98. The van der Waals surface area contributed by atoms with E-state index < -0.39 is 63.6 Å². The first kappa shape index (κ1) is 32.9. The number of carbonyl (C=O) groups is 4. The van der Waals surface area contributed by atoms with Crippen LogP contribution < -0.4 is 15.1 Å². The van der Waals surface area contributed by atoms with Gasteiger partial charge in [0, 0.05) is 23.6 Å². The third kappa shape index (κ3) is 4.74. The summed E-state index contributed by atoms with van der Waals surface area (Å²) in [4.78, 5) is 70.6. The van der Waals surface area contributed by atoms with Crippen LogP contribution in [-0.4, -0.2) is 45.8 Å². The number of hydrazine groups is 1. The summed E-state index contributed by atoms with van der Waals surface area (Å²) in [6, 6.07) is 26.4. The number of imide groups is 2. The van der Waals surface area contributed by atoms with Crippen LogP contribution in [0.5, 0.6) is 11.5 Å². The summed E-state index contributed by atoms with van der Waals surface area (Å²) in [5.41, 5.74) is 4.40. The van der Waals surface area contributed by atoms with Crippen molar-refractivity contribution in [3.8, 4) is 11.5 Å². The van der Waals surface area contributed by atoms with Gasteiger partial charge in [0.2, 0.25) is 11.8 Å². The first-order chi connectivity index (χ1) is 25.1. The summed E-state index contributed by atoms with van der Waals surface area (Å²) < 4.78 is 5.58. The van der Waals surface area contributed by atoms with Gasteiger partial charge in [-0.3, -0.25) is 34.7 Å². The Balaban J connectivity index is 1.32. The average molecular weight is 699 g/mol. The van der Waals surface area contributed by atoms with Crippen molar-refractivity contribution < 1.29 is 33.9 Å². The molecule has 0 bridgehead atoms. The number of allylic oxidation sites excluding steroid dienone is 2. The average Bonchev–Trinajstić information content (AvgIpc) is 3.54. The number of aromatic hydroxyl groups is 1. The zero-order chi connectivity index (χ0) is 36.5. The Hall–Kier alpha value is -6.30. The summed E-state index contributed by atoms with van der Waals surface area (Å²) in [6.45, 7) is 1.93. The third-order valence-corrected chi connectivity index (χ3v) is 11.2. The molecule has 4 aromatic rings. The van der Waals surface area contributed by atoms with Gasteiger partial charge in [-0.1, -0.05) is 65.7 Å². The molecule has 2 aliphatic heterocycles. The van der Waals surface area contributed by atoms with Crippen molar-refractivity contribution in [3.05, 3.63) is 136 Å². The van der Waals surface area contributed by atoms with Gasteiger partial charge in [0.25, 0.3) is 17.5 Å². The van der Waals surface area contributed by atoms with Gasteiger partial charge in [0.15, 0.2) is 0 Å². The Kier molecular flexibility index (Phi) is 7.70. The van der Waals surface area contributed by atoms with Crippen molar-refractivity contribution in [2.24, 2.45) is 23.7 Å². The lowest BCUT2D eigenvalue weighted by molar-refractivity contribution is -0.384. The molecule has 2 heterocycles. The van der Waals surface area contributed by atoms with E-state index >= 15 is 4.79 Å². The minimum atomic E-state index is -1.57. The monoisotopic (exact) mass is 698 g/mol. The fraction of sp³-hybridized carbons (Fsp3) is 0.250. The maximum Gasteiger partial charge on any atom is 0.271 e. The number of rotatable bonds is 7. The summed E-state index contributed by atoms with van der Waals surface area (Å²) in [5, 5.41) is 24.2. The smallest absolute Gasteiger partial charge is 0.271 e. The fourth-order valence-electron chi connectivity index (χ4n) is 8.98. The lowest BCUT2D eigenvalue weighted by Gasteiger charge is -2.50. The van der Waals surface area contributed by atoms with Gasteiger partial charge in [-0.2, -0.15) is 5.01 Å². The summed E-state index contributed by atoms with van der Waals surface area (Å²) >= 11 is 0. The molecule has 3 fully saturated rings. The number of amides is 4. The minimum absolute atomic E-state index is 0.0571. The molecule has 0 radical (unpaired) electrons. The number of aryl methyl sites for hydroxylation is 1. The molecular formula is C40H34N4O8. The van der Waals surface area contributed by atoms with Gasteiger partial charge < -0.3 is 9.84 Å². The first-order valence-corrected chi connectivity index (χ1v) is 17.0. The van der Waals surface area contributed by atoms with Gasteiger partial charge in [0.05, 0.1) is 46.6 Å². The topological polar surface area (TPSA) is 159 Å². The number of carbonyl (C=O) groups excluding carboxylic acids is 4. The highest BCUT2D eigenvalue weighted by Gasteiger charge is 2.70. The molecule has 1 saturated carbocycles. The largest absolute Gasteiger partial charge is 0.508 e. The van der Waals surface area contributed by atoms with E-state index in [-0.39, 0.29) is 30.0 Å². The van der Waals surface area contributed by atoms with E-state index in [4.69, 9.17) is 4.74 Å². The standard InChI is InChI=1S/C40H34N4O8/c1-22-11-13-24(14-12-22)41-43-37(47)32-21-30-28(16-17-29-34(30)38(48)42(36(29)46)25-9-6-10-26(19-25)44(50)51)35(31-20-27(52-2)15-18-33(31)45)40(32,39(43)49)23-7-4-3-5-8-23/h3-16,18-20,29-30,32,34-35,41,45H,17,21H2,1-2H3/t29-,30+,32-,34-,35+,40+/m0/s1. The summed E-state index contributed by atoms with van der Waals surface area (Å²) in [6.07, 6.45) is 2.09. The number of non-ortho nitro benzene ring substituents is 1. The van der Waals surface area contributed by atoms with Crippen LogP contribution in [0.1, 0.15) is 35.4 Å². The number of ether oxygens (including phenoxy) is 1. The number of hydrogen-bond donors (Lipinski definition) is 2. The molecule has 4 aromatic carbocycles. The summed E-state index contributed by atoms with van der Waals surface area (Å²) in [7, 11) is 1.49. The van der Waals surface area contributed by atoms with Crippen LogP contribution in [0.4, 0.5) is 17.1 Å². The highest BCUT2D eigenvalue weighted by molar-refractivity contribution is 6.22. The Morgan fingerprint density at radius 2 is 1.63 bits per heavy atom. The summed E-state index contributed by atoms with van der Waals surface area (Å²) in [5.74, 6) is -6.12. The van der Waals surface area contributed by atoms with Crippen molar-refractivity contribution in [1.29, 1.82) is 0 Å². The number of nitro benzene ring substituents is 1. The number of phenols is 1. The maximum atomic E-state index is 15.3. The van der Waals surface area contributed by atoms with E-state index in [0.717, 1.165) is 15.5 Å². The van der Waals surface area contributed by atoms with E-state index in [2.05, 4.69) is 5.43 Å². The molecule has 4 amide bonds. The Morgan fingerprint density at radius 1 is 0.885 bits per heavy atom. The molecule has 2 saturated heterocycles. The molecule has 2 N–H and O–H groups in total. The van der Waals surface area contributed by atoms with Crippen LogP contribution in [0, 0.1) is 40.7 Å². The van der Waals surface area contributed by atoms with Crippen molar-refractivity contribution in [1.82, 2.24) is 5.01 Å². The predicted octanol–water partition coefficient (Wildman–Crippen LogP) is 5.81. The first-order valence-electron chi connectivity index (χ1n) is 17.0. The molecule has 0 aromatic heterocycles. The molecule has 12 heteroatoms. The SMILES string of the molecule is COc1ccc(O)c([C@H]2C3=CC[C@@H]4C(=O)N(c5cccc([N+](=O)[O-])c5)C(=O)[C@@H]4[C@@H]3C[C@H]3C(=O)N(Nc4ccc(C)cc4)C(=O)[C@@]23c2ccccc2)c1. The van der Waals surface area contributed by atoms with Crippen molar-refractivity contribution in [2.75, 3.05) is 17.4 Å². The van der Waals surface area contributed by atoms with Crippen LogP contribution in [0.15, 0.2) is 109 Å². The molecule has 8 rings (SSSR count). The highest BCUT2D eigenvalue weighted by atomic mass is 16.6. The molecule has 0 spiro atoms. The Labute approximate surface area is 298 Å². The molecule has 12 nitrogen and oxygen atoms in total. The maximum absolute atomic E-state index is 15.3. The number of phenolic OH excluding ortho intramolecular Hbond substituents is 1. The third-order valence-electron chi connectivity index (χ3n) is 11.2. The van der Waals surface area contributed by atoms with Crippen LogP contribution in [0.2, 0.25) is 0 Å². The lowest BCUT2D eigenvalue weighted by Crippen LogP contribution is -2.53. The zero-order valence-electron chi connectivity index (χ0n) is 28.3. The quantitative estimate of drug-likeness (QED) is 0.105. The normalized spacial score (nSPS) is 26.4. The predicted molar refractivity (Wildman–Crippen MR) is 189 cm³/mol. The van der Waals surface area contributed by atoms with Gasteiger partial charge in [0.1, 0.15) is 11.5 Å². The number of benzene rings is 4. The van der Waals surface area contributed by atoms with Gasteiger partial charge in [-0.05, 0) is 67.6 Å². The molecular weight excluding hydrogens is 664 g/mol. The molecule has 6 atom stereocenters. The Morgan fingerprint density at radius 3 is 2.35 bits per heavy atom. The van der Waals surface area contributed by atoms with E-state index in [9.17, 15) is 29.6 Å². The number of methoxy groups -OCH3 is 1. The van der Waals surface area contributed by atoms with Crippen LogP contribution in [0.25, 0.3) is 0 Å². The van der Waals surface area contributed by atoms with Crippen LogP contribution in [-0.2, 0) is 24.6 Å². The van der Waals surface area contributed by atoms with Crippen molar-refractivity contribution >= 4 is 40.7 Å². The molecule has 52 heavy (non-hydrogen) atoms. The highest BCUT2D eigenvalue weighted by Crippen LogP contribution is 2.65. The second kappa shape index (κ2) is 12.2. The van der Waals surface area contributed by atoms with E-state index in [0.29, 0.717) is 28.1 Å². The number of hydrogen-bond acceptors (Lipinski definition) is 9. The number of fused-ring (bicyclic) bond motifs is 4. The number of anilines is 2. The second-order valence-corrected chi connectivity index (χ2v) is 13.8. The molecule has 2 aliphatic carbocycles. The van der Waals surface area contributed by atoms with E-state index in [1.165, 1.54) is 37.4 Å².